The van der Waals surface area contributed by atoms with Gasteiger partial charge in [0.05, 0.1) is 4.90 Å². The fourth-order valence-corrected chi connectivity index (χ4v) is 4.43. The highest BCUT2D eigenvalue weighted by molar-refractivity contribution is 7.89. The number of hydrogen-bond donors (Lipinski definition) is 1. The Kier molecular flexibility index (Phi) is 5.41. The normalized spacial score (nSPS) is 20.3. The minimum atomic E-state index is -3.32. The molecule has 0 spiro atoms. The van der Waals surface area contributed by atoms with Crippen LogP contribution in [0.3, 0.4) is 0 Å². The minimum Gasteiger partial charge on any atom is -0.314 e. The SMILES string of the molecule is CC(C)NCCc1ccc(S(=O)(=O)N2CCCC2C)cc1. The minimum absolute atomic E-state index is 0.116. The largest absolute Gasteiger partial charge is 0.314 e. The summed E-state index contributed by atoms with van der Waals surface area (Å²) >= 11 is 0. The molecule has 1 aromatic rings. The molecule has 0 saturated carbocycles. The molecular weight excluding hydrogens is 284 g/mol. The summed E-state index contributed by atoms with van der Waals surface area (Å²) in [6, 6.07) is 7.92. The molecule has 0 radical (unpaired) electrons. The van der Waals surface area contributed by atoms with E-state index in [2.05, 4.69) is 19.2 Å². The first kappa shape index (κ1) is 16.5. The summed E-state index contributed by atoms with van der Waals surface area (Å²) in [7, 11) is -3.32. The van der Waals surface area contributed by atoms with Gasteiger partial charge in [-0.3, -0.25) is 0 Å². The van der Waals surface area contributed by atoms with Crippen LogP contribution in [0.1, 0.15) is 39.2 Å². The van der Waals surface area contributed by atoms with E-state index in [-0.39, 0.29) is 6.04 Å². The van der Waals surface area contributed by atoms with Crippen molar-refractivity contribution in [3.8, 4) is 0 Å². The van der Waals surface area contributed by atoms with E-state index >= 15 is 0 Å². The lowest BCUT2D eigenvalue weighted by atomic mass is 10.1. The number of benzene rings is 1. The molecule has 0 aliphatic carbocycles. The third-order valence-corrected chi connectivity index (χ3v) is 6.02. The molecule has 1 unspecified atom stereocenters. The Hall–Kier alpha value is -0.910. The van der Waals surface area contributed by atoms with Gasteiger partial charge < -0.3 is 5.32 Å². The summed E-state index contributed by atoms with van der Waals surface area (Å²) in [6.45, 7) is 7.77. The highest BCUT2D eigenvalue weighted by atomic mass is 32.2. The third kappa shape index (κ3) is 4.05. The first-order chi connectivity index (χ1) is 9.91. The van der Waals surface area contributed by atoms with Crippen molar-refractivity contribution in [1.29, 1.82) is 0 Å². The zero-order valence-electron chi connectivity index (χ0n) is 13.2. The molecule has 1 aliphatic heterocycles. The molecule has 1 aliphatic rings. The number of sulfonamides is 1. The molecule has 1 aromatic carbocycles. The summed E-state index contributed by atoms with van der Waals surface area (Å²) in [4.78, 5) is 0.414. The molecular formula is C16H26N2O2S. The molecule has 0 bridgehead atoms. The second-order valence-electron chi connectivity index (χ2n) is 6.11. The first-order valence-corrected chi connectivity index (χ1v) is 9.19. The monoisotopic (exact) mass is 310 g/mol. The molecule has 0 aromatic heterocycles. The number of nitrogens with one attached hydrogen (secondary N) is 1. The zero-order chi connectivity index (χ0) is 15.5. The van der Waals surface area contributed by atoms with Crippen LogP contribution >= 0.6 is 0 Å². The van der Waals surface area contributed by atoms with Gasteiger partial charge in [-0.05, 0) is 50.4 Å². The summed E-state index contributed by atoms with van der Waals surface area (Å²) in [5, 5.41) is 3.36. The van der Waals surface area contributed by atoms with Gasteiger partial charge in [0.2, 0.25) is 10.0 Å². The van der Waals surface area contributed by atoms with E-state index in [0.29, 0.717) is 17.5 Å². The van der Waals surface area contributed by atoms with Crippen molar-refractivity contribution >= 4 is 10.0 Å². The maximum absolute atomic E-state index is 12.6. The lowest BCUT2D eigenvalue weighted by molar-refractivity contribution is 0.408. The zero-order valence-corrected chi connectivity index (χ0v) is 14.0. The Morgan fingerprint density at radius 1 is 1.29 bits per heavy atom. The Balaban J connectivity index is 2.04. The van der Waals surface area contributed by atoms with Crippen molar-refractivity contribution in [2.75, 3.05) is 13.1 Å². The summed E-state index contributed by atoms with van der Waals surface area (Å²) in [6.07, 6.45) is 2.83. The predicted octanol–water partition coefficient (Wildman–Crippen LogP) is 2.40. The Morgan fingerprint density at radius 3 is 2.48 bits per heavy atom. The number of nitrogens with zero attached hydrogens (tertiary/aromatic N) is 1. The van der Waals surface area contributed by atoms with Gasteiger partial charge in [-0.15, -0.1) is 0 Å². The van der Waals surface area contributed by atoms with Crippen LogP contribution in [-0.4, -0.2) is 37.9 Å². The molecule has 21 heavy (non-hydrogen) atoms. The van der Waals surface area contributed by atoms with Crippen LogP contribution in [0, 0.1) is 0 Å². The predicted molar refractivity (Wildman–Crippen MR) is 85.9 cm³/mol. The van der Waals surface area contributed by atoms with E-state index in [9.17, 15) is 8.42 Å². The van der Waals surface area contributed by atoms with Gasteiger partial charge in [-0.1, -0.05) is 26.0 Å². The second-order valence-corrected chi connectivity index (χ2v) is 8.00. The number of rotatable bonds is 6. The van der Waals surface area contributed by atoms with Crippen molar-refractivity contribution in [1.82, 2.24) is 9.62 Å². The molecule has 1 fully saturated rings. The van der Waals surface area contributed by atoms with Gasteiger partial charge in [0, 0.05) is 18.6 Å². The molecule has 4 nitrogen and oxygen atoms in total. The molecule has 118 valence electrons. The second kappa shape index (κ2) is 6.90. The van der Waals surface area contributed by atoms with Gasteiger partial charge >= 0.3 is 0 Å². The van der Waals surface area contributed by atoms with Crippen molar-refractivity contribution in [2.45, 2.75) is 57.0 Å². The van der Waals surface area contributed by atoms with E-state index in [4.69, 9.17) is 0 Å². The number of hydrogen-bond acceptors (Lipinski definition) is 3. The standard InChI is InChI=1S/C16H26N2O2S/c1-13(2)17-11-10-15-6-8-16(9-7-15)21(19,20)18-12-4-5-14(18)3/h6-9,13-14,17H,4-5,10-12H2,1-3H3. The van der Waals surface area contributed by atoms with Crippen molar-refractivity contribution in [3.63, 3.8) is 0 Å². The summed E-state index contributed by atoms with van der Waals surface area (Å²) in [5.74, 6) is 0. The third-order valence-electron chi connectivity index (χ3n) is 3.99. The van der Waals surface area contributed by atoms with E-state index in [1.165, 1.54) is 0 Å². The highest BCUT2D eigenvalue weighted by Crippen LogP contribution is 2.25. The highest BCUT2D eigenvalue weighted by Gasteiger charge is 2.32. The topological polar surface area (TPSA) is 49.4 Å². The molecule has 1 saturated heterocycles. The lowest BCUT2D eigenvalue weighted by Gasteiger charge is -2.21. The van der Waals surface area contributed by atoms with Gasteiger partial charge in [0.1, 0.15) is 0 Å². The molecule has 1 heterocycles. The average Bonchev–Trinajstić information content (AvgIpc) is 2.86. The quantitative estimate of drug-likeness (QED) is 0.878. The Bertz CT molecular complexity index is 552. The maximum atomic E-state index is 12.6. The molecule has 1 N–H and O–H groups in total. The van der Waals surface area contributed by atoms with E-state index in [1.54, 1.807) is 16.4 Å². The van der Waals surface area contributed by atoms with Crippen LogP contribution in [0.15, 0.2) is 29.2 Å². The van der Waals surface area contributed by atoms with Crippen molar-refractivity contribution < 1.29 is 8.42 Å². The van der Waals surface area contributed by atoms with E-state index in [0.717, 1.165) is 31.4 Å². The fraction of sp³-hybridized carbons (Fsp3) is 0.625. The van der Waals surface area contributed by atoms with Crippen molar-refractivity contribution in [3.05, 3.63) is 29.8 Å². The average molecular weight is 310 g/mol. The van der Waals surface area contributed by atoms with Crippen LogP contribution in [0.25, 0.3) is 0 Å². The van der Waals surface area contributed by atoms with Crippen LogP contribution in [0.5, 0.6) is 0 Å². The molecule has 5 heteroatoms. The van der Waals surface area contributed by atoms with E-state index < -0.39 is 10.0 Å². The van der Waals surface area contributed by atoms with E-state index in [1.807, 2.05) is 19.1 Å². The first-order valence-electron chi connectivity index (χ1n) is 7.75. The van der Waals surface area contributed by atoms with Gasteiger partial charge in [-0.25, -0.2) is 8.42 Å². The van der Waals surface area contributed by atoms with Crippen LogP contribution in [0.4, 0.5) is 0 Å². The molecule has 0 amide bonds. The maximum Gasteiger partial charge on any atom is 0.243 e. The summed E-state index contributed by atoms with van der Waals surface area (Å²) in [5.41, 5.74) is 1.16. The Morgan fingerprint density at radius 2 is 1.95 bits per heavy atom. The van der Waals surface area contributed by atoms with Crippen LogP contribution < -0.4 is 5.32 Å². The van der Waals surface area contributed by atoms with Gasteiger partial charge in [0.15, 0.2) is 0 Å². The van der Waals surface area contributed by atoms with Crippen LogP contribution in [-0.2, 0) is 16.4 Å². The Labute approximate surface area is 128 Å². The molecule has 2 rings (SSSR count). The molecule has 1 atom stereocenters. The fourth-order valence-electron chi connectivity index (χ4n) is 2.73. The summed E-state index contributed by atoms with van der Waals surface area (Å²) < 4.78 is 26.8. The lowest BCUT2D eigenvalue weighted by Crippen LogP contribution is -2.33. The van der Waals surface area contributed by atoms with Gasteiger partial charge in [-0.2, -0.15) is 4.31 Å². The smallest absolute Gasteiger partial charge is 0.243 e. The van der Waals surface area contributed by atoms with Crippen molar-refractivity contribution in [2.24, 2.45) is 0 Å². The van der Waals surface area contributed by atoms with Gasteiger partial charge in [0.25, 0.3) is 0 Å². The van der Waals surface area contributed by atoms with Crippen LogP contribution in [0.2, 0.25) is 0 Å².